The van der Waals surface area contributed by atoms with E-state index in [0.29, 0.717) is 11.5 Å². The minimum Gasteiger partial charge on any atom is -0.380 e. The van der Waals surface area contributed by atoms with Crippen LogP contribution in [0.25, 0.3) is 0 Å². The number of nitrogens with zero attached hydrogens (tertiary/aromatic N) is 2. The van der Waals surface area contributed by atoms with Crippen molar-refractivity contribution in [2.75, 3.05) is 5.73 Å². The molecule has 8 heteroatoms. The number of sulfonamides is 1. The Kier molecular flexibility index (Phi) is 1.58. The van der Waals surface area contributed by atoms with Gasteiger partial charge in [0.15, 0.2) is 10.0 Å². The van der Waals surface area contributed by atoms with E-state index in [4.69, 9.17) is 10.9 Å². The highest BCUT2D eigenvalue weighted by atomic mass is 32.2. The monoisotopic (exact) mass is 180 g/mol. The number of primary sulfonamides is 1. The first kappa shape index (κ1) is 7.38. The van der Waals surface area contributed by atoms with Crippen LogP contribution < -0.4 is 10.9 Å². The third-order valence-electron chi connectivity index (χ3n) is 0.740. The van der Waals surface area contributed by atoms with Crippen LogP contribution >= 0.6 is 11.5 Å². The minimum atomic E-state index is -3.72. The summed E-state index contributed by atoms with van der Waals surface area (Å²) < 4.78 is 24.2. The predicted octanol–water partition coefficient (Wildman–Crippen LogP) is -1.23. The summed E-state index contributed by atoms with van der Waals surface area (Å²) in [7, 11) is -3.72. The summed E-state index contributed by atoms with van der Waals surface area (Å²) in [5.74, 6) is -0.146. The molecule has 0 aliphatic heterocycles. The van der Waals surface area contributed by atoms with Crippen LogP contribution in [0.5, 0.6) is 0 Å². The fourth-order valence-electron chi connectivity index (χ4n) is 0.387. The summed E-state index contributed by atoms with van der Waals surface area (Å²) in [6, 6.07) is 0. The molecule has 4 N–H and O–H groups in total. The van der Waals surface area contributed by atoms with Crippen LogP contribution in [0.15, 0.2) is 4.21 Å². The maximum atomic E-state index is 10.5. The quantitative estimate of drug-likeness (QED) is 0.561. The molecule has 0 atom stereocenters. The van der Waals surface area contributed by atoms with E-state index in [9.17, 15) is 8.42 Å². The Morgan fingerprint density at radius 1 is 1.50 bits per heavy atom. The molecule has 0 spiro atoms. The molecule has 0 amide bonds. The van der Waals surface area contributed by atoms with Crippen molar-refractivity contribution in [1.82, 2.24) is 9.59 Å². The molecule has 0 radical (unpaired) electrons. The van der Waals surface area contributed by atoms with E-state index >= 15 is 0 Å². The zero-order chi connectivity index (χ0) is 7.78. The fourth-order valence-corrected chi connectivity index (χ4v) is 1.57. The largest absolute Gasteiger partial charge is 0.380 e. The molecule has 1 aromatic rings. The highest BCUT2D eigenvalue weighted by Gasteiger charge is 2.15. The van der Waals surface area contributed by atoms with Crippen LogP contribution in [0.4, 0.5) is 5.82 Å². The average Bonchev–Trinajstić information content (AvgIpc) is 2.11. The number of hydrogen-bond acceptors (Lipinski definition) is 6. The lowest BCUT2D eigenvalue weighted by molar-refractivity contribution is 0.600. The molecule has 56 valence electrons. The second kappa shape index (κ2) is 2.15. The van der Waals surface area contributed by atoms with E-state index in [1.54, 1.807) is 0 Å². The van der Waals surface area contributed by atoms with Gasteiger partial charge in [-0.3, -0.25) is 0 Å². The van der Waals surface area contributed by atoms with E-state index in [1.807, 2.05) is 0 Å². The third kappa shape index (κ3) is 1.23. The number of nitrogen functional groups attached to an aromatic ring is 1. The topological polar surface area (TPSA) is 112 Å². The van der Waals surface area contributed by atoms with E-state index in [0.717, 1.165) is 0 Å². The Morgan fingerprint density at radius 3 is 2.30 bits per heavy atom. The van der Waals surface area contributed by atoms with Crippen molar-refractivity contribution in [3.05, 3.63) is 0 Å². The van der Waals surface area contributed by atoms with Gasteiger partial charge >= 0.3 is 0 Å². The molecule has 6 nitrogen and oxygen atoms in total. The number of anilines is 1. The first-order chi connectivity index (χ1) is 4.52. The molecule has 0 aromatic carbocycles. The zero-order valence-electron chi connectivity index (χ0n) is 4.68. The standard InChI is InChI=1S/C2H4N4O2S2/c3-1-2(9-6-5-1)10(4,7)8/h3H2,(H2,4,7,8). The van der Waals surface area contributed by atoms with Gasteiger partial charge in [-0.25, -0.2) is 13.6 Å². The van der Waals surface area contributed by atoms with E-state index in [2.05, 4.69) is 9.59 Å². The molecule has 0 aliphatic carbocycles. The van der Waals surface area contributed by atoms with Crippen LogP contribution in [-0.4, -0.2) is 18.0 Å². The first-order valence-corrected chi connectivity index (χ1v) is 4.44. The van der Waals surface area contributed by atoms with E-state index in [-0.39, 0.29) is 10.0 Å². The number of rotatable bonds is 1. The number of nitrogens with two attached hydrogens (primary N) is 2. The van der Waals surface area contributed by atoms with Gasteiger partial charge in [0.25, 0.3) is 10.0 Å². The second-order valence-electron chi connectivity index (χ2n) is 1.49. The van der Waals surface area contributed by atoms with Crippen molar-refractivity contribution in [2.24, 2.45) is 5.14 Å². The van der Waals surface area contributed by atoms with Crippen LogP contribution in [0.3, 0.4) is 0 Å². The third-order valence-corrected chi connectivity index (χ3v) is 2.92. The Bertz CT molecular complexity index is 327. The smallest absolute Gasteiger partial charge is 0.252 e. The Labute approximate surface area is 61.1 Å². The van der Waals surface area contributed by atoms with Crippen molar-refractivity contribution in [1.29, 1.82) is 0 Å². The summed E-state index contributed by atoms with van der Waals surface area (Å²) >= 11 is 0.657. The lowest BCUT2D eigenvalue weighted by Gasteiger charge is -1.88. The molecule has 0 saturated carbocycles. The molecular weight excluding hydrogens is 176 g/mol. The number of hydrogen-bond donors (Lipinski definition) is 2. The average molecular weight is 180 g/mol. The molecule has 0 unspecified atom stereocenters. The minimum absolute atomic E-state index is 0.146. The molecule has 1 rings (SSSR count). The summed E-state index contributed by atoms with van der Waals surface area (Å²) in [5, 5.41) is 7.99. The Morgan fingerprint density at radius 2 is 2.10 bits per heavy atom. The zero-order valence-corrected chi connectivity index (χ0v) is 6.32. The van der Waals surface area contributed by atoms with E-state index in [1.165, 1.54) is 0 Å². The summed E-state index contributed by atoms with van der Waals surface area (Å²) in [4.78, 5) is 0. The number of aromatic nitrogens is 2. The highest BCUT2D eigenvalue weighted by Crippen LogP contribution is 2.16. The van der Waals surface area contributed by atoms with Gasteiger partial charge in [0, 0.05) is 11.5 Å². The van der Waals surface area contributed by atoms with Gasteiger partial charge in [-0.15, -0.1) is 5.10 Å². The molecule has 1 aromatic heterocycles. The molecule has 10 heavy (non-hydrogen) atoms. The fraction of sp³-hybridized carbons (Fsp3) is 0. The van der Waals surface area contributed by atoms with Gasteiger partial charge in [-0.2, -0.15) is 0 Å². The molecule has 0 saturated heterocycles. The predicted molar refractivity (Wildman–Crippen MR) is 35.7 cm³/mol. The van der Waals surface area contributed by atoms with Crippen LogP contribution in [0, 0.1) is 0 Å². The van der Waals surface area contributed by atoms with Gasteiger partial charge in [-0.1, -0.05) is 4.49 Å². The molecule has 0 fully saturated rings. The summed E-state index contributed by atoms with van der Waals surface area (Å²) in [6.07, 6.45) is 0. The Balaban J connectivity index is 3.32. The lowest BCUT2D eigenvalue weighted by atomic mass is 10.9. The van der Waals surface area contributed by atoms with Crippen LogP contribution in [0.2, 0.25) is 0 Å². The van der Waals surface area contributed by atoms with Gasteiger partial charge < -0.3 is 5.73 Å². The van der Waals surface area contributed by atoms with Gasteiger partial charge in [0.2, 0.25) is 0 Å². The van der Waals surface area contributed by atoms with Crippen LogP contribution in [0.1, 0.15) is 0 Å². The second-order valence-corrected chi connectivity index (χ2v) is 4.00. The summed E-state index contributed by atoms with van der Waals surface area (Å²) in [6.45, 7) is 0. The Hall–Kier alpha value is -0.730. The lowest BCUT2D eigenvalue weighted by Crippen LogP contribution is -2.12. The van der Waals surface area contributed by atoms with E-state index < -0.39 is 10.0 Å². The summed E-state index contributed by atoms with van der Waals surface area (Å²) in [5.41, 5.74) is 5.10. The molecular formula is C2H4N4O2S2. The van der Waals surface area contributed by atoms with Crippen LogP contribution in [-0.2, 0) is 10.0 Å². The van der Waals surface area contributed by atoms with Crippen molar-refractivity contribution in [2.45, 2.75) is 4.21 Å². The van der Waals surface area contributed by atoms with Gasteiger partial charge in [0.05, 0.1) is 0 Å². The molecule has 0 aliphatic rings. The maximum absolute atomic E-state index is 10.5. The SMILES string of the molecule is Nc1nnsc1S(N)(=O)=O. The van der Waals surface area contributed by atoms with Gasteiger partial charge in [0.1, 0.15) is 0 Å². The molecule has 0 bridgehead atoms. The van der Waals surface area contributed by atoms with Crippen molar-refractivity contribution in [3.63, 3.8) is 0 Å². The van der Waals surface area contributed by atoms with Crippen molar-refractivity contribution in [3.8, 4) is 0 Å². The van der Waals surface area contributed by atoms with Crippen molar-refractivity contribution >= 4 is 27.4 Å². The maximum Gasteiger partial charge on any atom is 0.252 e. The normalized spacial score (nSPS) is 11.7. The van der Waals surface area contributed by atoms with Crippen molar-refractivity contribution < 1.29 is 8.42 Å². The highest BCUT2D eigenvalue weighted by molar-refractivity contribution is 7.91. The molecule has 1 heterocycles. The first-order valence-electron chi connectivity index (χ1n) is 2.12. The van der Waals surface area contributed by atoms with Gasteiger partial charge in [-0.05, 0) is 0 Å².